The highest BCUT2D eigenvalue weighted by molar-refractivity contribution is 5.75. The standard InChI is InChI=1S/C38H64N4O6/c1-3-5-7-9-11-12-13-14-15-16-17-18-20-21-23-25-33(43)46-28-31-27-32(48-34(44)26-24-22-19-10-8-6-4-2)38(47-31)42-30-41-35-36(42)39-29-40-37(35)45/h29-32,38H,3-28H2,1-2H3,(H,39,40,45)/t31-,32+,38+/m0/s1. The highest BCUT2D eigenvalue weighted by Gasteiger charge is 2.40. The molecule has 2 aromatic rings. The Kier molecular flexibility index (Phi) is 20.2. The van der Waals surface area contributed by atoms with E-state index < -0.39 is 18.4 Å². The van der Waals surface area contributed by atoms with Crippen molar-refractivity contribution >= 4 is 23.1 Å². The van der Waals surface area contributed by atoms with Crippen molar-refractivity contribution in [1.82, 2.24) is 19.5 Å². The van der Waals surface area contributed by atoms with E-state index in [1.54, 1.807) is 4.57 Å². The lowest BCUT2D eigenvalue weighted by Gasteiger charge is -2.20. The maximum Gasteiger partial charge on any atom is 0.306 e. The predicted octanol–water partition coefficient (Wildman–Crippen LogP) is 9.68. The van der Waals surface area contributed by atoms with Gasteiger partial charge in [-0.15, -0.1) is 0 Å². The van der Waals surface area contributed by atoms with Gasteiger partial charge in [-0.1, -0.05) is 142 Å². The van der Waals surface area contributed by atoms with Crippen molar-refractivity contribution in [3.8, 4) is 5.88 Å². The van der Waals surface area contributed by atoms with Gasteiger partial charge in [-0.2, -0.15) is 4.98 Å². The van der Waals surface area contributed by atoms with Gasteiger partial charge in [0.15, 0.2) is 17.4 Å². The molecule has 2 aromatic heterocycles. The molecule has 0 unspecified atom stereocenters. The van der Waals surface area contributed by atoms with E-state index in [-0.39, 0.29) is 29.9 Å². The molecule has 48 heavy (non-hydrogen) atoms. The summed E-state index contributed by atoms with van der Waals surface area (Å²) < 4.78 is 19.4. The van der Waals surface area contributed by atoms with Crippen LogP contribution in [0.4, 0.5) is 0 Å². The van der Waals surface area contributed by atoms with Crippen LogP contribution in [0.25, 0.3) is 11.2 Å². The summed E-state index contributed by atoms with van der Waals surface area (Å²) in [5, 5.41) is 10.1. The lowest BCUT2D eigenvalue weighted by molar-refractivity contribution is -0.155. The Hall–Kier alpha value is -2.75. The van der Waals surface area contributed by atoms with Crippen LogP contribution in [0.5, 0.6) is 5.88 Å². The van der Waals surface area contributed by atoms with Crippen molar-refractivity contribution in [2.24, 2.45) is 0 Å². The molecule has 1 aliphatic heterocycles. The average Bonchev–Trinajstić information content (AvgIpc) is 3.69. The molecule has 0 amide bonds. The van der Waals surface area contributed by atoms with Crippen LogP contribution in [0, 0.1) is 0 Å². The van der Waals surface area contributed by atoms with E-state index in [0.29, 0.717) is 24.9 Å². The fraction of sp³-hybridized carbons (Fsp3) is 0.816. The molecule has 0 aliphatic carbocycles. The minimum absolute atomic E-state index is 0.0900. The Morgan fingerprint density at radius 1 is 0.729 bits per heavy atom. The van der Waals surface area contributed by atoms with Crippen LogP contribution in [0.15, 0.2) is 12.7 Å². The summed E-state index contributed by atoms with van der Waals surface area (Å²) in [6, 6.07) is 0. The number of esters is 2. The van der Waals surface area contributed by atoms with Crippen LogP contribution < -0.4 is 0 Å². The first-order valence-electron chi connectivity index (χ1n) is 19.4. The van der Waals surface area contributed by atoms with Gasteiger partial charge in [-0.05, 0) is 12.8 Å². The Morgan fingerprint density at radius 2 is 1.23 bits per heavy atom. The van der Waals surface area contributed by atoms with Crippen molar-refractivity contribution in [2.45, 2.75) is 193 Å². The van der Waals surface area contributed by atoms with Crippen LogP contribution in [-0.2, 0) is 23.8 Å². The van der Waals surface area contributed by atoms with Crippen molar-refractivity contribution in [3.63, 3.8) is 0 Å². The number of hydrogen-bond donors (Lipinski definition) is 1. The molecule has 1 fully saturated rings. The SMILES string of the molecule is CCCCCCCCCCCCCCCCCC(=O)OC[C@@H]1C[C@@H](OC(=O)CCCCCCCCC)[C@H](n2cnc3c(O)ncnc32)O1. The summed E-state index contributed by atoms with van der Waals surface area (Å²) in [5.41, 5.74) is 0.624. The van der Waals surface area contributed by atoms with Gasteiger partial charge >= 0.3 is 11.9 Å². The van der Waals surface area contributed by atoms with Gasteiger partial charge in [0.2, 0.25) is 5.88 Å². The molecule has 10 heteroatoms. The van der Waals surface area contributed by atoms with Gasteiger partial charge in [-0.3, -0.25) is 14.2 Å². The number of aromatic hydroxyl groups is 1. The number of carbonyl (C=O) groups is 2. The molecule has 1 aliphatic rings. The van der Waals surface area contributed by atoms with Crippen molar-refractivity contribution in [2.75, 3.05) is 6.61 Å². The van der Waals surface area contributed by atoms with Gasteiger partial charge in [-0.25, -0.2) is 9.97 Å². The Morgan fingerprint density at radius 3 is 1.77 bits per heavy atom. The van der Waals surface area contributed by atoms with E-state index in [4.69, 9.17) is 14.2 Å². The second-order valence-corrected chi connectivity index (χ2v) is 13.7. The van der Waals surface area contributed by atoms with Gasteiger partial charge in [0, 0.05) is 19.3 Å². The predicted molar refractivity (Wildman–Crippen MR) is 189 cm³/mol. The topological polar surface area (TPSA) is 126 Å². The second-order valence-electron chi connectivity index (χ2n) is 13.7. The average molecular weight is 673 g/mol. The number of hydrogen-bond acceptors (Lipinski definition) is 9. The molecule has 3 heterocycles. The fourth-order valence-corrected chi connectivity index (χ4v) is 6.55. The van der Waals surface area contributed by atoms with E-state index >= 15 is 0 Å². The number of aromatic nitrogens is 4. The lowest BCUT2D eigenvalue weighted by Crippen LogP contribution is -2.25. The molecule has 0 aromatic carbocycles. The summed E-state index contributed by atoms with van der Waals surface area (Å²) in [7, 11) is 0. The molecule has 0 radical (unpaired) electrons. The molecule has 0 saturated carbocycles. The normalized spacial score (nSPS) is 17.7. The molecule has 3 rings (SSSR count). The number of fused-ring (bicyclic) bond motifs is 1. The molecular formula is C38H64N4O6. The third-order valence-electron chi connectivity index (χ3n) is 9.44. The molecule has 3 atom stereocenters. The lowest BCUT2D eigenvalue weighted by atomic mass is 10.0. The summed E-state index contributed by atoms with van der Waals surface area (Å²) in [6.45, 7) is 4.56. The Bertz CT molecular complexity index is 1160. The Labute approximate surface area is 289 Å². The smallest absolute Gasteiger partial charge is 0.306 e. The van der Waals surface area contributed by atoms with E-state index in [2.05, 4.69) is 28.8 Å². The number of nitrogens with zero attached hydrogens (tertiary/aromatic N) is 4. The van der Waals surface area contributed by atoms with Gasteiger partial charge in [0.25, 0.3) is 0 Å². The maximum absolute atomic E-state index is 12.8. The minimum Gasteiger partial charge on any atom is -0.492 e. The maximum atomic E-state index is 12.8. The Balaban J connectivity index is 1.33. The number of imidazole rings is 1. The van der Waals surface area contributed by atoms with Gasteiger partial charge < -0.3 is 19.3 Å². The van der Waals surface area contributed by atoms with Crippen LogP contribution in [0.1, 0.15) is 181 Å². The highest BCUT2D eigenvalue weighted by Crippen LogP contribution is 2.34. The molecule has 10 nitrogen and oxygen atoms in total. The zero-order chi connectivity index (χ0) is 34.2. The summed E-state index contributed by atoms with van der Waals surface area (Å²) in [4.78, 5) is 37.6. The van der Waals surface area contributed by atoms with E-state index in [0.717, 1.165) is 38.5 Å². The molecule has 1 saturated heterocycles. The van der Waals surface area contributed by atoms with Crippen molar-refractivity contribution in [3.05, 3.63) is 12.7 Å². The number of rotatable bonds is 28. The van der Waals surface area contributed by atoms with Crippen molar-refractivity contribution < 1.29 is 28.9 Å². The first kappa shape index (κ1) is 39.7. The summed E-state index contributed by atoms with van der Waals surface area (Å²) in [5.74, 6) is -0.724. The quantitative estimate of drug-likeness (QED) is 0.0694. The molecule has 1 N–H and O–H groups in total. The van der Waals surface area contributed by atoms with Gasteiger partial charge in [0.05, 0.1) is 12.4 Å². The fourth-order valence-electron chi connectivity index (χ4n) is 6.55. The van der Waals surface area contributed by atoms with Crippen LogP contribution in [0.2, 0.25) is 0 Å². The number of unbranched alkanes of at least 4 members (excludes halogenated alkanes) is 20. The van der Waals surface area contributed by atoms with E-state index in [1.807, 2.05) is 0 Å². The second kappa shape index (κ2) is 24.4. The minimum atomic E-state index is -0.707. The van der Waals surface area contributed by atoms with Crippen molar-refractivity contribution in [1.29, 1.82) is 0 Å². The van der Waals surface area contributed by atoms with Crippen LogP contribution >= 0.6 is 0 Å². The first-order chi connectivity index (χ1) is 23.5. The number of ether oxygens (including phenoxy) is 3. The number of carbonyl (C=O) groups excluding carboxylic acids is 2. The van der Waals surface area contributed by atoms with E-state index in [9.17, 15) is 14.7 Å². The van der Waals surface area contributed by atoms with Crippen LogP contribution in [-0.4, -0.2) is 55.4 Å². The van der Waals surface area contributed by atoms with Crippen LogP contribution in [0.3, 0.4) is 0 Å². The monoisotopic (exact) mass is 672 g/mol. The molecule has 0 bridgehead atoms. The summed E-state index contributed by atoms with van der Waals surface area (Å²) >= 11 is 0. The third kappa shape index (κ3) is 15.2. The molecule has 272 valence electrons. The zero-order valence-electron chi connectivity index (χ0n) is 30.0. The molecular weight excluding hydrogens is 608 g/mol. The largest absolute Gasteiger partial charge is 0.492 e. The summed E-state index contributed by atoms with van der Waals surface area (Å²) in [6.07, 6.45) is 29.2. The molecule has 0 spiro atoms. The highest BCUT2D eigenvalue weighted by atomic mass is 16.6. The van der Waals surface area contributed by atoms with E-state index in [1.165, 1.54) is 115 Å². The zero-order valence-corrected chi connectivity index (χ0v) is 30.0. The first-order valence-corrected chi connectivity index (χ1v) is 19.4. The van der Waals surface area contributed by atoms with Gasteiger partial charge in [0.1, 0.15) is 19.0 Å². The third-order valence-corrected chi connectivity index (χ3v) is 9.44.